The molecule has 2 aliphatic rings. The lowest BCUT2D eigenvalue weighted by molar-refractivity contribution is -0.135. The lowest BCUT2D eigenvalue weighted by Gasteiger charge is -2.25. The molecule has 1 aromatic carbocycles. The van der Waals surface area contributed by atoms with E-state index in [1.165, 1.54) is 4.90 Å². The molecule has 0 bridgehead atoms. The van der Waals surface area contributed by atoms with Gasteiger partial charge in [0.05, 0.1) is 10.2 Å². The highest BCUT2D eigenvalue weighted by molar-refractivity contribution is 9.10. The van der Waals surface area contributed by atoms with E-state index in [0.29, 0.717) is 13.0 Å². The summed E-state index contributed by atoms with van der Waals surface area (Å²) in [6.45, 7) is 0.628. The van der Waals surface area contributed by atoms with E-state index in [0.717, 1.165) is 18.6 Å². The van der Waals surface area contributed by atoms with Gasteiger partial charge < -0.3 is 9.80 Å². The minimum atomic E-state index is -0.685. The number of hydrogen-bond donors (Lipinski definition) is 0. The van der Waals surface area contributed by atoms with Crippen LogP contribution in [0.25, 0.3) is 0 Å². The first-order chi connectivity index (χ1) is 9.99. The van der Waals surface area contributed by atoms with Crippen LogP contribution in [0.2, 0.25) is 0 Å². The predicted molar refractivity (Wildman–Crippen MR) is 75.8 cm³/mol. The maximum Gasteiger partial charge on any atom is 0.249 e. The van der Waals surface area contributed by atoms with Crippen LogP contribution in [0, 0.1) is 11.6 Å². The van der Waals surface area contributed by atoms with Crippen molar-refractivity contribution in [1.29, 1.82) is 0 Å². The van der Waals surface area contributed by atoms with Crippen LogP contribution in [0.5, 0.6) is 0 Å². The minimum Gasteiger partial charge on any atom is -0.331 e. The van der Waals surface area contributed by atoms with Crippen LogP contribution < -0.4 is 4.90 Å². The van der Waals surface area contributed by atoms with Gasteiger partial charge in [-0.2, -0.15) is 0 Å². The molecule has 1 aromatic rings. The molecule has 21 heavy (non-hydrogen) atoms. The highest BCUT2D eigenvalue weighted by Gasteiger charge is 2.40. The summed E-state index contributed by atoms with van der Waals surface area (Å²) in [6.07, 6.45) is 1.45. The maximum atomic E-state index is 14.1. The van der Waals surface area contributed by atoms with Gasteiger partial charge in [0.25, 0.3) is 0 Å². The monoisotopic (exact) mass is 358 g/mol. The number of rotatable bonds is 1. The van der Waals surface area contributed by atoms with Crippen LogP contribution in [-0.4, -0.2) is 35.8 Å². The molecule has 1 unspecified atom stereocenters. The number of carbonyl (C=O) groups excluding carboxylic acids is 2. The molecule has 0 radical (unpaired) electrons. The van der Waals surface area contributed by atoms with Crippen LogP contribution >= 0.6 is 15.9 Å². The molecule has 2 fully saturated rings. The molecular weight excluding hydrogens is 346 g/mol. The quantitative estimate of drug-likeness (QED) is 0.723. The smallest absolute Gasteiger partial charge is 0.249 e. The number of hydrogen-bond acceptors (Lipinski definition) is 2. The number of anilines is 1. The Morgan fingerprint density at radius 1 is 1.14 bits per heavy atom. The van der Waals surface area contributed by atoms with Crippen molar-refractivity contribution in [2.75, 3.05) is 18.0 Å². The normalized spacial score (nSPS) is 22.5. The van der Waals surface area contributed by atoms with E-state index in [9.17, 15) is 18.4 Å². The van der Waals surface area contributed by atoms with E-state index in [-0.39, 0.29) is 34.9 Å². The van der Waals surface area contributed by atoms with Crippen molar-refractivity contribution >= 4 is 33.4 Å². The minimum absolute atomic E-state index is 0.00425. The van der Waals surface area contributed by atoms with Crippen LogP contribution in [0.15, 0.2) is 16.6 Å². The van der Waals surface area contributed by atoms with Crippen molar-refractivity contribution in [3.05, 3.63) is 28.2 Å². The zero-order valence-corrected chi connectivity index (χ0v) is 12.7. The van der Waals surface area contributed by atoms with Crippen molar-refractivity contribution in [3.63, 3.8) is 0 Å². The van der Waals surface area contributed by atoms with Crippen molar-refractivity contribution in [1.82, 2.24) is 4.90 Å². The topological polar surface area (TPSA) is 40.6 Å². The number of benzene rings is 1. The Morgan fingerprint density at radius 3 is 2.67 bits per heavy atom. The molecule has 1 atom stereocenters. The molecule has 112 valence electrons. The maximum absolute atomic E-state index is 14.1. The Kier molecular flexibility index (Phi) is 3.69. The van der Waals surface area contributed by atoms with Crippen LogP contribution in [0.1, 0.15) is 19.3 Å². The van der Waals surface area contributed by atoms with Gasteiger partial charge in [-0.15, -0.1) is 0 Å². The van der Waals surface area contributed by atoms with Crippen molar-refractivity contribution in [3.8, 4) is 0 Å². The third-order valence-corrected chi connectivity index (χ3v) is 4.56. The van der Waals surface area contributed by atoms with Gasteiger partial charge in [0, 0.05) is 25.6 Å². The van der Waals surface area contributed by atoms with Crippen molar-refractivity contribution in [2.45, 2.75) is 25.3 Å². The molecule has 0 spiro atoms. The largest absolute Gasteiger partial charge is 0.331 e. The molecular formula is C14H13BrF2N2O2. The summed E-state index contributed by atoms with van der Waals surface area (Å²) >= 11 is 2.91. The number of amides is 2. The number of halogens is 3. The zero-order chi connectivity index (χ0) is 15.1. The Morgan fingerprint density at radius 2 is 1.90 bits per heavy atom. The average Bonchev–Trinajstić information content (AvgIpc) is 2.89. The van der Waals surface area contributed by atoms with Crippen molar-refractivity contribution < 1.29 is 18.4 Å². The van der Waals surface area contributed by atoms with Gasteiger partial charge in [0.2, 0.25) is 11.8 Å². The molecule has 0 saturated carbocycles. The summed E-state index contributed by atoms with van der Waals surface area (Å²) < 4.78 is 27.7. The third kappa shape index (κ3) is 2.43. The summed E-state index contributed by atoms with van der Waals surface area (Å²) in [6, 6.07) is 1.44. The van der Waals surface area contributed by atoms with Crippen molar-refractivity contribution in [2.24, 2.45) is 0 Å². The lowest BCUT2D eigenvalue weighted by Crippen LogP contribution is -2.44. The molecule has 0 N–H and O–H groups in total. The summed E-state index contributed by atoms with van der Waals surface area (Å²) in [5.41, 5.74) is -0.109. The molecule has 2 amide bonds. The van der Waals surface area contributed by atoms with E-state index in [1.54, 1.807) is 4.90 Å². The molecule has 2 saturated heterocycles. The first-order valence-corrected chi connectivity index (χ1v) is 7.53. The van der Waals surface area contributed by atoms with Crippen LogP contribution in [-0.2, 0) is 9.59 Å². The zero-order valence-electron chi connectivity index (χ0n) is 11.1. The molecule has 0 aliphatic carbocycles. The number of fused-ring (bicyclic) bond motifs is 1. The molecule has 2 aliphatic heterocycles. The van der Waals surface area contributed by atoms with E-state index in [2.05, 4.69) is 15.9 Å². The first-order valence-electron chi connectivity index (χ1n) is 6.74. The highest BCUT2D eigenvalue weighted by atomic mass is 79.9. The number of nitrogens with zero attached hydrogens (tertiary/aromatic N) is 2. The summed E-state index contributed by atoms with van der Waals surface area (Å²) in [4.78, 5) is 27.3. The van der Waals surface area contributed by atoms with E-state index < -0.39 is 17.7 Å². The average molecular weight is 359 g/mol. The Balaban J connectivity index is 2.00. The predicted octanol–water partition coefficient (Wildman–Crippen LogP) is 2.46. The fourth-order valence-electron chi connectivity index (χ4n) is 2.92. The Labute approximate surface area is 128 Å². The van der Waals surface area contributed by atoms with Crippen LogP contribution in [0.3, 0.4) is 0 Å². The SMILES string of the molecule is O=C1C2CCCN2C(=O)CCN1c1cc(F)c(Br)cc1F. The third-order valence-electron chi connectivity index (χ3n) is 3.95. The second kappa shape index (κ2) is 5.36. The van der Waals surface area contributed by atoms with Crippen LogP contribution in [0.4, 0.5) is 14.5 Å². The summed E-state index contributed by atoms with van der Waals surface area (Å²) in [5.74, 6) is -1.76. The van der Waals surface area contributed by atoms with E-state index >= 15 is 0 Å². The Bertz CT molecular complexity index is 623. The second-order valence-corrected chi connectivity index (χ2v) is 6.06. The summed E-state index contributed by atoms with van der Waals surface area (Å²) in [7, 11) is 0. The molecule has 3 rings (SSSR count). The van der Waals surface area contributed by atoms with Gasteiger partial charge in [-0.05, 0) is 34.8 Å². The summed E-state index contributed by atoms with van der Waals surface area (Å²) in [5, 5.41) is 0. The van der Waals surface area contributed by atoms with Gasteiger partial charge >= 0.3 is 0 Å². The van der Waals surface area contributed by atoms with Gasteiger partial charge in [-0.25, -0.2) is 8.78 Å². The fraction of sp³-hybridized carbons (Fsp3) is 0.429. The van der Waals surface area contributed by atoms with E-state index in [4.69, 9.17) is 0 Å². The highest BCUT2D eigenvalue weighted by Crippen LogP contribution is 2.31. The van der Waals surface area contributed by atoms with Gasteiger partial charge in [-0.1, -0.05) is 0 Å². The van der Waals surface area contributed by atoms with Gasteiger partial charge in [0.1, 0.15) is 17.7 Å². The molecule has 4 nitrogen and oxygen atoms in total. The second-order valence-electron chi connectivity index (χ2n) is 5.20. The molecule has 2 heterocycles. The first kappa shape index (κ1) is 14.4. The lowest BCUT2D eigenvalue weighted by atomic mass is 10.1. The fourth-order valence-corrected chi connectivity index (χ4v) is 3.24. The molecule has 0 aromatic heterocycles. The Hall–Kier alpha value is -1.50. The number of carbonyl (C=O) groups is 2. The van der Waals surface area contributed by atoms with Gasteiger partial charge in [0.15, 0.2) is 0 Å². The molecule has 7 heteroatoms. The van der Waals surface area contributed by atoms with E-state index in [1.807, 2.05) is 0 Å². The standard InChI is InChI=1S/C14H13BrF2N2O2/c15-8-6-10(17)12(7-9(8)16)19-5-3-13(20)18-4-1-2-11(18)14(19)21/h6-7,11H,1-5H2. The van der Waals surface area contributed by atoms with Gasteiger partial charge in [-0.3, -0.25) is 9.59 Å².